The third-order valence-corrected chi connectivity index (χ3v) is 2.57. The Morgan fingerprint density at radius 3 is 2.44 bits per heavy atom. The number of nitrogens with two attached hydrogens (primary N) is 1. The number of benzene rings is 1. The van der Waals surface area contributed by atoms with E-state index in [2.05, 4.69) is 0 Å². The second kappa shape index (κ2) is 4.98. The van der Waals surface area contributed by atoms with Crippen LogP contribution in [0.15, 0.2) is 18.2 Å². The topological polar surface area (TPSA) is 43.1 Å². The highest BCUT2D eigenvalue weighted by molar-refractivity contribution is 6.34. The van der Waals surface area contributed by atoms with Crippen LogP contribution in [0, 0.1) is 5.41 Å². The standard InChI is InChI=1S/C13H18ClNO/c1-13(2,3)7-12(16)10-5-4-9(8-15)6-11(10)14/h4-6H,7-8,15H2,1-3H3. The number of Topliss-reactive ketones (excluding diaryl/α,β-unsaturated/α-hetero) is 1. The largest absolute Gasteiger partial charge is 0.326 e. The molecule has 0 heterocycles. The average molecular weight is 240 g/mol. The fourth-order valence-corrected chi connectivity index (χ4v) is 1.80. The zero-order valence-electron chi connectivity index (χ0n) is 10.0. The first-order valence-corrected chi connectivity index (χ1v) is 5.73. The molecule has 16 heavy (non-hydrogen) atoms. The molecular formula is C13H18ClNO. The van der Waals surface area contributed by atoms with Gasteiger partial charge in [-0.1, -0.05) is 38.4 Å². The molecule has 0 atom stereocenters. The molecule has 0 saturated carbocycles. The highest BCUT2D eigenvalue weighted by Crippen LogP contribution is 2.25. The van der Waals surface area contributed by atoms with E-state index in [0.29, 0.717) is 23.6 Å². The Bertz CT molecular complexity index is 393. The Hall–Kier alpha value is -0.860. The Balaban J connectivity index is 2.93. The van der Waals surface area contributed by atoms with E-state index in [1.807, 2.05) is 26.8 Å². The molecule has 0 radical (unpaired) electrons. The summed E-state index contributed by atoms with van der Waals surface area (Å²) in [5, 5.41) is 0.497. The molecule has 2 nitrogen and oxygen atoms in total. The summed E-state index contributed by atoms with van der Waals surface area (Å²) in [6, 6.07) is 5.37. The van der Waals surface area contributed by atoms with Gasteiger partial charge in [-0.2, -0.15) is 0 Å². The van der Waals surface area contributed by atoms with E-state index in [-0.39, 0.29) is 11.2 Å². The molecule has 1 rings (SSSR count). The van der Waals surface area contributed by atoms with E-state index in [4.69, 9.17) is 17.3 Å². The molecule has 0 saturated heterocycles. The zero-order chi connectivity index (χ0) is 12.3. The summed E-state index contributed by atoms with van der Waals surface area (Å²) >= 11 is 6.06. The number of ketones is 1. The number of carbonyl (C=O) groups is 1. The minimum absolute atomic E-state index is 0.0209. The molecule has 0 aliphatic carbocycles. The van der Waals surface area contributed by atoms with Crippen LogP contribution in [0.3, 0.4) is 0 Å². The van der Waals surface area contributed by atoms with Gasteiger partial charge in [0.15, 0.2) is 5.78 Å². The molecule has 0 fully saturated rings. The van der Waals surface area contributed by atoms with Gasteiger partial charge in [0.05, 0.1) is 5.02 Å². The van der Waals surface area contributed by atoms with Crippen LogP contribution in [0.25, 0.3) is 0 Å². The van der Waals surface area contributed by atoms with Gasteiger partial charge < -0.3 is 5.73 Å². The van der Waals surface area contributed by atoms with Gasteiger partial charge >= 0.3 is 0 Å². The minimum Gasteiger partial charge on any atom is -0.326 e. The van der Waals surface area contributed by atoms with Gasteiger partial charge in [-0.05, 0) is 23.1 Å². The van der Waals surface area contributed by atoms with Gasteiger partial charge in [-0.3, -0.25) is 4.79 Å². The fraction of sp³-hybridized carbons (Fsp3) is 0.462. The van der Waals surface area contributed by atoms with Crippen LogP contribution in [-0.4, -0.2) is 5.78 Å². The van der Waals surface area contributed by atoms with Crippen molar-refractivity contribution in [3.05, 3.63) is 34.3 Å². The highest BCUT2D eigenvalue weighted by Gasteiger charge is 2.19. The second-order valence-electron chi connectivity index (χ2n) is 5.18. The van der Waals surface area contributed by atoms with E-state index < -0.39 is 0 Å². The van der Waals surface area contributed by atoms with Gasteiger partial charge in [-0.25, -0.2) is 0 Å². The van der Waals surface area contributed by atoms with Crippen molar-refractivity contribution < 1.29 is 4.79 Å². The van der Waals surface area contributed by atoms with Crippen molar-refractivity contribution in [2.24, 2.45) is 11.1 Å². The van der Waals surface area contributed by atoms with Crippen LogP contribution in [-0.2, 0) is 6.54 Å². The van der Waals surface area contributed by atoms with Gasteiger partial charge in [0, 0.05) is 18.5 Å². The molecule has 2 N–H and O–H groups in total. The maximum atomic E-state index is 12.0. The molecule has 0 amide bonds. The quantitative estimate of drug-likeness (QED) is 0.822. The summed E-state index contributed by atoms with van der Waals surface area (Å²) in [7, 11) is 0. The van der Waals surface area contributed by atoms with Crippen LogP contribution >= 0.6 is 11.6 Å². The molecule has 0 aliphatic heterocycles. The van der Waals surface area contributed by atoms with E-state index >= 15 is 0 Å². The lowest BCUT2D eigenvalue weighted by molar-refractivity contribution is 0.0940. The third kappa shape index (κ3) is 3.62. The maximum Gasteiger partial charge on any atom is 0.164 e. The third-order valence-electron chi connectivity index (χ3n) is 2.26. The molecule has 1 aromatic rings. The Labute approximate surface area is 102 Å². The normalized spacial score (nSPS) is 11.6. The number of rotatable bonds is 3. The molecule has 1 aromatic carbocycles. The molecule has 0 spiro atoms. The molecule has 0 aromatic heterocycles. The van der Waals surface area contributed by atoms with Crippen molar-refractivity contribution in [2.45, 2.75) is 33.7 Å². The molecule has 88 valence electrons. The summed E-state index contributed by atoms with van der Waals surface area (Å²) in [5.74, 6) is 0.0843. The van der Waals surface area contributed by atoms with Crippen LogP contribution in [0.4, 0.5) is 0 Å². The molecule has 3 heteroatoms. The molecule has 0 aliphatic rings. The second-order valence-corrected chi connectivity index (χ2v) is 5.59. The number of carbonyl (C=O) groups excluding carboxylic acids is 1. The van der Waals surface area contributed by atoms with Crippen molar-refractivity contribution in [1.29, 1.82) is 0 Å². The number of halogens is 1. The zero-order valence-corrected chi connectivity index (χ0v) is 10.8. The van der Waals surface area contributed by atoms with Gasteiger partial charge in [-0.15, -0.1) is 0 Å². The minimum atomic E-state index is -0.0209. The Kier molecular flexibility index (Phi) is 4.11. The highest BCUT2D eigenvalue weighted by atomic mass is 35.5. The number of hydrogen-bond acceptors (Lipinski definition) is 2. The van der Waals surface area contributed by atoms with Gasteiger partial charge in [0.25, 0.3) is 0 Å². The van der Waals surface area contributed by atoms with E-state index in [1.54, 1.807) is 12.1 Å². The lowest BCUT2D eigenvalue weighted by atomic mass is 9.88. The van der Waals surface area contributed by atoms with Crippen LogP contribution < -0.4 is 5.73 Å². The van der Waals surface area contributed by atoms with Crippen molar-refractivity contribution in [3.8, 4) is 0 Å². The van der Waals surface area contributed by atoms with Crippen LogP contribution in [0.2, 0.25) is 5.02 Å². The molecule has 0 unspecified atom stereocenters. The maximum absolute atomic E-state index is 12.0. The van der Waals surface area contributed by atoms with Gasteiger partial charge in [0.2, 0.25) is 0 Å². The van der Waals surface area contributed by atoms with Crippen molar-refractivity contribution in [3.63, 3.8) is 0 Å². The summed E-state index contributed by atoms with van der Waals surface area (Å²) in [6.07, 6.45) is 0.495. The summed E-state index contributed by atoms with van der Waals surface area (Å²) in [6.45, 7) is 6.54. The van der Waals surface area contributed by atoms with Crippen LogP contribution in [0.1, 0.15) is 43.1 Å². The van der Waals surface area contributed by atoms with Crippen molar-refractivity contribution in [2.75, 3.05) is 0 Å². The molecular weight excluding hydrogens is 222 g/mol. The first kappa shape index (κ1) is 13.2. The van der Waals surface area contributed by atoms with E-state index in [0.717, 1.165) is 5.56 Å². The molecule has 0 bridgehead atoms. The predicted octanol–water partition coefficient (Wildman–Crippen LogP) is 3.42. The Morgan fingerprint density at radius 2 is 2.00 bits per heavy atom. The summed E-state index contributed by atoms with van der Waals surface area (Å²) in [4.78, 5) is 12.0. The first-order chi connectivity index (χ1) is 7.33. The van der Waals surface area contributed by atoms with Crippen molar-refractivity contribution >= 4 is 17.4 Å². The summed E-state index contributed by atoms with van der Waals surface area (Å²) in [5.41, 5.74) is 7.02. The monoisotopic (exact) mass is 239 g/mol. The van der Waals surface area contributed by atoms with E-state index in [1.165, 1.54) is 0 Å². The van der Waals surface area contributed by atoms with Gasteiger partial charge in [0.1, 0.15) is 0 Å². The van der Waals surface area contributed by atoms with E-state index in [9.17, 15) is 4.79 Å². The lowest BCUT2D eigenvalue weighted by Crippen LogP contribution is -2.13. The first-order valence-electron chi connectivity index (χ1n) is 5.35. The van der Waals surface area contributed by atoms with Crippen LogP contribution in [0.5, 0.6) is 0 Å². The Morgan fingerprint density at radius 1 is 1.38 bits per heavy atom. The lowest BCUT2D eigenvalue weighted by Gasteiger charge is -2.17. The summed E-state index contributed by atoms with van der Waals surface area (Å²) < 4.78 is 0. The SMILES string of the molecule is CC(C)(C)CC(=O)c1ccc(CN)cc1Cl. The predicted molar refractivity (Wildman–Crippen MR) is 67.7 cm³/mol. The number of hydrogen-bond donors (Lipinski definition) is 1. The average Bonchev–Trinajstić information content (AvgIpc) is 2.14. The smallest absolute Gasteiger partial charge is 0.164 e. The van der Waals surface area contributed by atoms with Crippen molar-refractivity contribution in [1.82, 2.24) is 0 Å². The fourth-order valence-electron chi connectivity index (χ4n) is 1.49.